The molecule has 2 rings (SSSR count). The average Bonchev–Trinajstić information content (AvgIpc) is 2.54. The van der Waals surface area contributed by atoms with Crippen molar-refractivity contribution in [2.45, 2.75) is 26.1 Å². The van der Waals surface area contributed by atoms with Crippen molar-refractivity contribution in [1.82, 2.24) is 0 Å². The highest BCUT2D eigenvalue weighted by Gasteiger charge is 2.27. The third-order valence-corrected chi connectivity index (χ3v) is 7.18. The number of carbonyl (C=O) groups is 1. The smallest absolute Gasteiger partial charge is 0.333 e. The van der Waals surface area contributed by atoms with Crippen LogP contribution in [-0.4, -0.2) is 21.2 Å². The fourth-order valence-electron chi connectivity index (χ4n) is 2.74. The van der Waals surface area contributed by atoms with Crippen LogP contribution < -0.4 is 5.19 Å². The summed E-state index contributed by atoms with van der Waals surface area (Å²) in [5.41, 5.74) is 2.98. The molecule has 23 heavy (non-hydrogen) atoms. The first kappa shape index (κ1) is 17.2. The van der Waals surface area contributed by atoms with E-state index in [1.54, 1.807) is 0 Å². The van der Waals surface area contributed by atoms with Crippen LogP contribution in [0.25, 0.3) is 6.08 Å². The van der Waals surface area contributed by atoms with E-state index in [-0.39, 0.29) is 5.97 Å². The Morgan fingerprint density at radius 3 is 2.39 bits per heavy atom. The van der Waals surface area contributed by atoms with Gasteiger partial charge in [-0.2, -0.15) is 0 Å². The Balaban J connectivity index is 2.35. The highest BCUT2D eigenvalue weighted by atomic mass is 28.3. The lowest BCUT2D eigenvalue weighted by molar-refractivity contribution is -0.135. The largest absolute Gasteiger partial charge is 0.466 e. The first-order valence-corrected chi connectivity index (χ1v) is 11.0. The highest BCUT2D eigenvalue weighted by Crippen LogP contribution is 2.21. The maximum absolute atomic E-state index is 12.2. The monoisotopic (exact) mass is 324 g/mol. The second kappa shape index (κ2) is 7.42. The number of ether oxygens (including phenoxy) is 1. The van der Waals surface area contributed by atoms with Crippen molar-refractivity contribution in [1.29, 1.82) is 0 Å². The van der Waals surface area contributed by atoms with Gasteiger partial charge in [-0.3, -0.25) is 0 Å². The van der Waals surface area contributed by atoms with Gasteiger partial charge in [0.2, 0.25) is 0 Å². The Hall–Kier alpha value is -2.13. The average molecular weight is 324 g/mol. The predicted molar refractivity (Wildman–Crippen MR) is 99.5 cm³/mol. The van der Waals surface area contributed by atoms with Crippen molar-refractivity contribution in [3.8, 4) is 0 Å². The van der Waals surface area contributed by atoms with E-state index in [0.29, 0.717) is 0 Å². The lowest BCUT2D eigenvalue weighted by Crippen LogP contribution is -2.42. The minimum atomic E-state index is -1.76. The van der Waals surface area contributed by atoms with Gasteiger partial charge in [-0.15, -0.1) is 0 Å². The van der Waals surface area contributed by atoms with Gasteiger partial charge in [0.1, 0.15) is 0 Å². The molecule has 0 N–H and O–H groups in total. The second-order valence-electron chi connectivity index (χ2n) is 6.50. The number of esters is 1. The van der Waals surface area contributed by atoms with Crippen LogP contribution >= 0.6 is 0 Å². The minimum absolute atomic E-state index is 0.233. The Morgan fingerprint density at radius 2 is 1.78 bits per heavy atom. The quantitative estimate of drug-likeness (QED) is 0.469. The van der Waals surface area contributed by atoms with Crippen LogP contribution in [0.3, 0.4) is 0 Å². The van der Waals surface area contributed by atoms with Crippen LogP contribution in [0.4, 0.5) is 0 Å². The molecule has 0 fully saturated rings. The predicted octanol–water partition coefficient (Wildman–Crippen LogP) is 4.17. The molecule has 0 aromatic heterocycles. The van der Waals surface area contributed by atoms with E-state index in [1.165, 1.54) is 17.9 Å². The van der Waals surface area contributed by atoms with E-state index >= 15 is 0 Å². The van der Waals surface area contributed by atoms with Crippen molar-refractivity contribution >= 4 is 25.3 Å². The second-order valence-corrected chi connectivity index (χ2v) is 11.2. The molecule has 0 aliphatic carbocycles. The summed E-state index contributed by atoms with van der Waals surface area (Å²) in [5, 5.41) is 1.35. The molecule has 0 aliphatic rings. The molecule has 0 unspecified atom stereocenters. The van der Waals surface area contributed by atoms with Crippen molar-refractivity contribution < 1.29 is 9.53 Å². The third kappa shape index (κ3) is 4.67. The third-order valence-electron chi connectivity index (χ3n) is 4.02. The van der Waals surface area contributed by atoms with Crippen LogP contribution in [0, 0.1) is 6.92 Å². The molecule has 2 nitrogen and oxygen atoms in total. The molecule has 2 aromatic rings. The van der Waals surface area contributed by atoms with E-state index in [1.807, 2.05) is 24.3 Å². The topological polar surface area (TPSA) is 26.3 Å². The molecule has 0 bridgehead atoms. The Bertz CT molecular complexity index is 703. The minimum Gasteiger partial charge on any atom is -0.466 e. The van der Waals surface area contributed by atoms with Gasteiger partial charge in [-0.05, 0) is 24.6 Å². The summed E-state index contributed by atoms with van der Waals surface area (Å²) in [6, 6.07) is 19.4. The van der Waals surface area contributed by atoms with E-state index in [4.69, 9.17) is 4.74 Å². The molecule has 0 spiro atoms. The fourth-order valence-corrected chi connectivity index (χ4v) is 5.24. The van der Waals surface area contributed by atoms with E-state index in [9.17, 15) is 4.79 Å². The van der Waals surface area contributed by atoms with Crippen LogP contribution in [-0.2, 0) is 9.53 Å². The zero-order valence-electron chi connectivity index (χ0n) is 14.3. The number of hydrogen-bond acceptors (Lipinski definition) is 2. The molecule has 0 heterocycles. The Morgan fingerprint density at radius 1 is 1.09 bits per heavy atom. The number of aryl methyl sites for hydroxylation is 1. The van der Waals surface area contributed by atoms with Gasteiger partial charge < -0.3 is 4.74 Å². The van der Waals surface area contributed by atoms with Crippen molar-refractivity contribution in [2.24, 2.45) is 0 Å². The number of methoxy groups -OCH3 is 1. The van der Waals surface area contributed by atoms with Gasteiger partial charge in [-0.25, -0.2) is 4.79 Å². The highest BCUT2D eigenvalue weighted by molar-refractivity contribution is 6.90. The molecule has 0 aliphatic heterocycles. The zero-order valence-corrected chi connectivity index (χ0v) is 15.3. The summed E-state index contributed by atoms with van der Waals surface area (Å²) < 4.78 is 5.01. The first-order valence-electron chi connectivity index (χ1n) is 7.83. The molecular weight excluding hydrogens is 300 g/mol. The number of benzene rings is 2. The van der Waals surface area contributed by atoms with Gasteiger partial charge in [0, 0.05) is 5.57 Å². The molecule has 0 radical (unpaired) electrons. The summed E-state index contributed by atoms with van der Waals surface area (Å²) >= 11 is 0. The van der Waals surface area contributed by atoms with Gasteiger partial charge >= 0.3 is 5.97 Å². The van der Waals surface area contributed by atoms with Crippen LogP contribution in [0.2, 0.25) is 19.1 Å². The van der Waals surface area contributed by atoms with E-state index < -0.39 is 8.07 Å². The molecule has 0 saturated heterocycles. The van der Waals surface area contributed by atoms with Crippen LogP contribution in [0.1, 0.15) is 11.1 Å². The number of rotatable bonds is 5. The van der Waals surface area contributed by atoms with Crippen molar-refractivity contribution in [3.63, 3.8) is 0 Å². The molecule has 3 heteroatoms. The fraction of sp³-hybridized carbons (Fsp3) is 0.250. The zero-order chi connectivity index (χ0) is 16.9. The van der Waals surface area contributed by atoms with Crippen molar-refractivity contribution in [2.75, 3.05) is 7.11 Å². The lowest BCUT2D eigenvalue weighted by atomic mass is 10.1. The molecule has 0 atom stereocenters. The number of hydrogen-bond donors (Lipinski definition) is 0. The summed E-state index contributed by atoms with van der Waals surface area (Å²) in [6.45, 7) is 6.63. The molecule has 0 saturated carbocycles. The summed E-state index contributed by atoms with van der Waals surface area (Å²) in [6.07, 6.45) is 1.97. The van der Waals surface area contributed by atoms with E-state index in [2.05, 4.69) is 56.4 Å². The number of carbonyl (C=O) groups excluding carboxylic acids is 1. The summed E-state index contributed by atoms with van der Waals surface area (Å²) in [4.78, 5) is 12.2. The van der Waals surface area contributed by atoms with Crippen LogP contribution in [0.15, 0.2) is 60.2 Å². The van der Waals surface area contributed by atoms with Crippen molar-refractivity contribution in [3.05, 3.63) is 71.3 Å². The molecular formula is C20H24O2Si. The standard InChI is InChI=1S/C20H24O2Si/c1-16-9-8-10-17(13-16)14-18(20(21)22-2)15-23(3,4)19-11-6-5-7-12-19/h5-14H,15H2,1-4H3/b18-14+. The molecule has 0 amide bonds. The van der Waals surface area contributed by atoms with E-state index in [0.717, 1.165) is 17.2 Å². The maximum Gasteiger partial charge on any atom is 0.333 e. The van der Waals surface area contributed by atoms with Gasteiger partial charge in [-0.1, -0.05) is 78.4 Å². The van der Waals surface area contributed by atoms with Gasteiger partial charge in [0.15, 0.2) is 0 Å². The Kier molecular flexibility index (Phi) is 5.56. The van der Waals surface area contributed by atoms with Crippen LogP contribution in [0.5, 0.6) is 0 Å². The normalized spacial score (nSPS) is 12.1. The first-order chi connectivity index (χ1) is 10.9. The van der Waals surface area contributed by atoms with Gasteiger partial charge in [0.05, 0.1) is 15.2 Å². The summed E-state index contributed by atoms with van der Waals surface area (Å²) in [5.74, 6) is -0.233. The maximum atomic E-state index is 12.2. The molecule has 2 aromatic carbocycles. The molecule has 120 valence electrons. The summed E-state index contributed by atoms with van der Waals surface area (Å²) in [7, 11) is -0.310. The lowest BCUT2D eigenvalue weighted by Gasteiger charge is -2.23. The Labute approximate surface area is 139 Å². The SMILES string of the molecule is COC(=O)/C(=C/c1cccc(C)c1)C[Si](C)(C)c1ccccc1. The van der Waals surface area contributed by atoms with Gasteiger partial charge in [0.25, 0.3) is 0 Å².